The Kier molecular flexibility index (Phi) is 21.1. The second kappa shape index (κ2) is 26.9. The maximum Gasteiger partial charge on any atom is 0.331 e. The van der Waals surface area contributed by atoms with Gasteiger partial charge in [-0.3, -0.25) is 4.79 Å². The zero-order chi connectivity index (χ0) is 60.1. The second-order valence-corrected chi connectivity index (χ2v) is 25.6. The van der Waals surface area contributed by atoms with Gasteiger partial charge in [0, 0.05) is 46.2 Å². The number of aliphatic hydroxyl groups excluding tert-OH is 8. The Balaban J connectivity index is 0.792. The first kappa shape index (κ1) is 65.2. The highest BCUT2D eigenvalue weighted by Gasteiger charge is 2.64. The lowest BCUT2D eigenvalue weighted by atomic mass is 9.47. The average molecular weight is 1190 g/mol. The summed E-state index contributed by atoms with van der Waals surface area (Å²) < 4.78 is 85.9. The number of esters is 1. The van der Waals surface area contributed by atoms with Crippen molar-refractivity contribution in [2.45, 2.75) is 267 Å². The van der Waals surface area contributed by atoms with Gasteiger partial charge < -0.3 is 107 Å². The maximum absolute atomic E-state index is 13.8. The lowest BCUT2D eigenvalue weighted by Crippen LogP contribution is -2.62. The molecule has 0 aromatic heterocycles. The highest BCUT2D eigenvalue weighted by atomic mass is 16.8. The van der Waals surface area contributed by atoms with Crippen LogP contribution in [0, 0.1) is 34.5 Å². The minimum absolute atomic E-state index is 0.0576. The highest BCUT2D eigenvalue weighted by Crippen LogP contribution is 2.67. The van der Waals surface area contributed by atoms with Crippen molar-refractivity contribution >= 4 is 11.8 Å². The minimum atomic E-state index is -1.74. The molecule has 4 aliphatic carbocycles. The first-order valence-corrected chi connectivity index (χ1v) is 29.9. The van der Waals surface area contributed by atoms with Crippen molar-refractivity contribution in [3.8, 4) is 0 Å². The molecule has 0 amide bonds. The molecule has 24 nitrogen and oxygen atoms in total. The lowest BCUT2D eigenvalue weighted by Gasteiger charge is -2.58. The second-order valence-electron chi connectivity index (χ2n) is 25.6. The number of aliphatic hydroxyl groups is 8. The molecule has 474 valence electrons. The van der Waals surface area contributed by atoms with E-state index >= 15 is 0 Å². The lowest BCUT2D eigenvalue weighted by molar-refractivity contribution is -0.353. The summed E-state index contributed by atoms with van der Waals surface area (Å²) in [5.41, 5.74) is 1.49. The topological polar surface area (TPSA) is 325 Å². The number of rotatable bonds is 18. The molecule has 8 fully saturated rings. The number of fused-ring (bicyclic) bond motifs is 5. The van der Waals surface area contributed by atoms with Gasteiger partial charge in [-0.25, -0.2) is 4.79 Å². The van der Waals surface area contributed by atoms with Gasteiger partial charge in [0.1, 0.15) is 85.1 Å². The van der Waals surface area contributed by atoms with E-state index in [1.54, 1.807) is 21.1 Å². The van der Waals surface area contributed by atoms with E-state index in [9.17, 15) is 50.4 Å². The third-order valence-electron chi connectivity index (χ3n) is 20.2. The Morgan fingerprint density at radius 2 is 1.20 bits per heavy atom. The number of Topliss-reactive ketones (excluding diaryl/α,β-unsaturated/α-hetero) is 1. The van der Waals surface area contributed by atoms with Gasteiger partial charge in [-0.05, 0) is 115 Å². The number of hydrogen-bond donors (Lipinski definition) is 8. The normalized spacial score (nSPS) is 50.1. The Bertz CT molecular complexity index is 2250. The van der Waals surface area contributed by atoms with Crippen molar-refractivity contribution in [1.82, 2.24) is 0 Å². The largest absolute Gasteiger partial charge is 0.454 e. The molecular weight excluding hydrogens is 1090 g/mol. The van der Waals surface area contributed by atoms with Crippen LogP contribution in [0.15, 0.2) is 23.3 Å². The van der Waals surface area contributed by atoms with Crippen LogP contribution < -0.4 is 0 Å². The Morgan fingerprint density at radius 3 is 1.83 bits per heavy atom. The number of hydrogen-bond acceptors (Lipinski definition) is 24. The van der Waals surface area contributed by atoms with E-state index in [1.807, 2.05) is 34.6 Å². The summed E-state index contributed by atoms with van der Waals surface area (Å²) in [4.78, 5) is 26.2. The smallest absolute Gasteiger partial charge is 0.331 e. The van der Waals surface area contributed by atoms with Gasteiger partial charge in [0.15, 0.2) is 37.6 Å². The maximum atomic E-state index is 13.8. The van der Waals surface area contributed by atoms with Gasteiger partial charge in [-0.15, -0.1) is 0 Å². The van der Waals surface area contributed by atoms with E-state index in [0.29, 0.717) is 25.7 Å². The van der Waals surface area contributed by atoms with Crippen LogP contribution in [0.3, 0.4) is 0 Å². The first-order chi connectivity index (χ1) is 39.3. The van der Waals surface area contributed by atoms with Gasteiger partial charge in [-0.1, -0.05) is 31.1 Å². The zero-order valence-electron chi connectivity index (χ0n) is 49.8. The van der Waals surface area contributed by atoms with E-state index in [4.69, 9.17) is 66.3 Å². The molecule has 8 N–H and O–H groups in total. The van der Waals surface area contributed by atoms with E-state index in [-0.39, 0.29) is 41.5 Å². The number of ether oxygens (including phenoxy) is 14. The van der Waals surface area contributed by atoms with Crippen LogP contribution >= 0.6 is 0 Å². The zero-order valence-corrected chi connectivity index (χ0v) is 49.8. The van der Waals surface area contributed by atoms with Gasteiger partial charge in [-0.2, -0.15) is 0 Å². The highest BCUT2D eigenvalue weighted by molar-refractivity contribution is 5.82. The van der Waals surface area contributed by atoms with E-state index in [0.717, 1.165) is 31.3 Å². The quantitative estimate of drug-likeness (QED) is 0.0544. The molecule has 3 saturated carbocycles. The summed E-state index contributed by atoms with van der Waals surface area (Å²) in [5, 5.41) is 85.7. The molecule has 0 radical (unpaired) electrons. The molecule has 0 aromatic carbocycles. The van der Waals surface area contributed by atoms with Crippen molar-refractivity contribution in [3.63, 3.8) is 0 Å². The fraction of sp³-hybridized carbons (Fsp3) is 0.898. The fourth-order valence-electron chi connectivity index (χ4n) is 15.8. The molecule has 5 aliphatic heterocycles. The number of carbonyl (C=O) groups is 2. The molecule has 9 rings (SSSR count). The summed E-state index contributed by atoms with van der Waals surface area (Å²) in [7, 11) is 4.68. The SMILES string of the molecule is CO[C@@H]1[C@@H](O)[C@H](O[C@H]2CC[C@@]3(C)C(=CCC4C3CC[C@@]3(C)C4C[C@@H](O[C@@H]4O[C@H](CO[C@@H]5O[C@H](CO)[C@@H](O)[C@H](O)[C@H]5O)[C@@H](O)[C@H](O)[C@H]4O)[C@@H]3C(C)=O)C2)O[C@H](C)[C@H]1O[C@H]1C[C@H](OC)[C@H](O[C@H]2C[C@H](OC)[C@H](OC(=O)C=C(C)C)[C@@H](C)O2)[C@@H](C)O1. The predicted octanol–water partition coefficient (Wildman–Crippen LogP) is 1.23. The molecule has 24 heteroatoms. The minimum Gasteiger partial charge on any atom is -0.454 e. The average Bonchev–Trinajstić information content (AvgIpc) is 1.83. The van der Waals surface area contributed by atoms with E-state index in [2.05, 4.69) is 19.9 Å². The fourth-order valence-corrected chi connectivity index (χ4v) is 15.8. The molecule has 3 unspecified atom stereocenters. The number of methoxy groups -OCH3 is 3. The first-order valence-electron chi connectivity index (χ1n) is 29.9. The van der Waals surface area contributed by atoms with Gasteiger partial charge in [0.2, 0.25) is 0 Å². The van der Waals surface area contributed by atoms with Crippen molar-refractivity contribution in [2.24, 2.45) is 34.5 Å². The summed E-state index contributed by atoms with van der Waals surface area (Å²) in [6.45, 7) is 14.0. The molecule has 5 saturated heterocycles. The van der Waals surface area contributed by atoms with Crippen LogP contribution in [-0.4, -0.2) is 241 Å². The molecule has 9 aliphatic rings. The van der Waals surface area contributed by atoms with Gasteiger partial charge in [0.25, 0.3) is 0 Å². The van der Waals surface area contributed by atoms with E-state index < -0.39 is 178 Å². The molecule has 83 heavy (non-hydrogen) atoms. The van der Waals surface area contributed by atoms with Gasteiger partial charge in [0.05, 0.1) is 49.8 Å². The van der Waals surface area contributed by atoms with Crippen LogP contribution in [0.25, 0.3) is 0 Å². The van der Waals surface area contributed by atoms with Crippen molar-refractivity contribution in [3.05, 3.63) is 23.3 Å². The number of allylic oxidation sites excluding steroid dienone is 2. The van der Waals surface area contributed by atoms with Crippen LogP contribution in [0.5, 0.6) is 0 Å². The third-order valence-corrected chi connectivity index (χ3v) is 20.2. The van der Waals surface area contributed by atoms with Crippen LogP contribution in [0.1, 0.15) is 113 Å². The van der Waals surface area contributed by atoms with Crippen molar-refractivity contribution < 1.29 is 117 Å². The van der Waals surface area contributed by atoms with Gasteiger partial charge >= 0.3 is 5.97 Å². The monoisotopic (exact) mass is 1190 g/mol. The molecule has 31 atom stereocenters. The standard InChI is InChI=1S/C59H94O24/c1-25(2)18-40(62)81-51-27(4)74-41(21-36(51)70-9)82-52-28(5)75-42(22-37(52)71-10)83-53-29(6)76-57(50(69)54(53)72-11)77-31-14-16-58(7)30(19-31)12-13-32-33(58)15-17-59(8)34(32)20-35(43(59)26(3)61)78-56-49(68)47(66)45(64)39(80-56)24-73-55-48(67)46(65)44(63)38(23-60)79-55/h12,18,27-29,31-39,41-57,60,63-69H,13-17,19-24H2,1-11H3/t27-,28-,29-,31+,32?,33?,34?,35-,36+,37+,38-,39-,41+,42+,43+,44-,45-,46+,47+,48-,49-,50-,51-,52-,53-,54-,55-,56-,57+,58+,59+/m1/s1. The number of ketones is 1. The molecule has 0 spiro atoms. The predicted molar refractivity (Wildman–Crippen MR) is 287 cm³/mol. The summed E-state index contributed by atoms with van der Waals surface area (Å²) in [6, 6.07) is 0. The van der Waals surface area contributed by atoms with Crippen LogP contribution in [0.4, 0.5) is 0 Å². The number of carbonyl (C=O) groups excluding carboxylic acids is 2. The summed E-state index contributed by atoms with van der Waals surface area (Å²) in [5.74, 6) is -0.538. The third kappa shape index (κ3) is 13.1. The van der Waals surface area contributed by atoms with Crippen molar-refractivity contribution in [2.75, 3.05) is 34.5 Å². The molecule has 0 aromatic rings. The summed E-state index contributed by atoms with van der Waals surface area (Å²) in [6.07, 6.45) is -16.2. The Hall–Kier alpha value is -2.22. The molecular formula is C59H94O24. The van der Waals surface area contributed by atoms with Crippen LogP contribution in [-0.2, 0) is 75.9 Å². The van der Waals surface area contributed by atoms with E-state index in [1.165, 1.54) is 18.8 Å². The summed E-state index contributed by atoms with van der Waals surface area (Å²) >= 11 is 0. The Morgan fingerprint density at radius 1 is 0.614 bits per heavy atom. The Labute approximate surface area is 486 Å². The molecule has 0 bridgehead atoms. The van der Waals surface area contributed by atoms with Crippen molar-refractivity contribution in [1.29, 1.82) is 0 Å². The molecule has 5 heterocycles. The van der Waals surface area contributed by atoms with Crippen LogP contribution in [0.2, 0.25) is 0 Å².